The van der Waals surface area contributed by atoms with Crippen molar-refractivity contribution in [3.63, 3.8) is 0 Å². The molecule has 8 heteroatoms. The largest absolute Gasteiger partial charge is 0.341 e. The summed E-state index contributed by atoms with van der Waals surface area (Å²) in [6, 6.07) is 14.1. The Balaban J connectivity index is 1.70. The SMILES string of the molecule is Cc1ccc(Cn2cc3c(c2Nc2ccccc2)c(=O)n(C)c(=O)n3CC2CCCN2C)cn1. The van der Waals surface area contributed by atoms with Gasteiger partial charge in [0.2, 0.25) is 0 Å². The van der Waals surface area contributed by atoms with Gasteiger partial charge < -0.3 is 14.8 Å². The molecule has 0 aliphatic carbocycles. The van der Waals surface area contributed by atoms with Gasteiger partial charge in [0, 0.05) is 43.4 Å². The van der Waals surface area contributed by atoms with Crippen molar-refractivity contribution >= 4 is 22.4 Å². The third-order valence-corrected chi connectivity index (χ3v) is 6.81. The fraction of sp³-hybridized carbons (Fsp3) is 0.346. The van der Waals surface area contributed by atoms with E-state index in [9.17, 15) is 9.59 Å². The number of likely N-dealkylation sites (tertiary alicyclic amines) is 1. The molecule has 176 valence electrons. The minimum atomic E-state index is -0.296. The molecule has 0 saturated carbocycles. The summed E-state index contributed by atoms with van der Waals surface area (Å²) in [5.41, 5.74) is 2.93. The third-order valence-electron chi connectivity index (χ3n) is 6.81. The first-order valence-electron chi connectivity index (χ1n) is 11.7. The molecule has 4 aromatic rings. The summed E-state index contributed by atoms with van der Waals surface area (Å²) < 4.78 is 5.01. The van der Waals surface area contributed by atoms with E-state index < -0.39 is 0 Å². The molecule has 8 nitrogen and oxygen atoms in total. The normalized spacial score (nSPS) is 16.4. The lowest BCUT2D eigenvalue weighted by Gasteiger charge is -2.21. The second kappa shape index (κ2) is 8.95. The smallest absolute Gasteiger partial charge is 0.331 e. The number of aryl methyl sites for hydroxylation is 1. The van der Waals surface area contributed by atoms with Crippen molar-refractivity contribution in [1.82, 2.24) is 23.6 Å². The van der Waals surface area contributed by atoms with Gasteiger partial charge in [-0.05, 0) is 57.1 Å². The summed E-state index contributed by atoms with van der Waals surface area (Å²) >= 11 is 0. The first kappa shape index (κ1) is 22.2. The van der Waals surface area contributed by atoms with Crippen LogP contribution in [0, 0.1) is 6.92 Å². The van der Waals surface area contributed by atoms with E-state index in [1.165, 1.54) is 4.57 Å². The minimum Gasteiger partial charge on any atom is -0.341 e. The highest BCUT2D eigenvalue weighted by Gasteiger charge is 2.25. The maximum atomic E-state index is 13.4. The van der Waals surface area contributed by atoms with Crippen LogP contribution in [0.3, 0.4) is 0 Å². The number of fused-ring (bicyclic) bond motifs is 1. The van der Waals surface area contributed by atoms with Crippen molar-refractivity contribution in [2.45, 2.75) is 38.9 Å². The van der Waals surface area contributed by atoms with Crippen LogP contribution in [0.4, 0.5) is 11.5 Å². The average Bonchev–Trinajstić information content (AvgIpc) is 3.40. The van der Waals surface area contributed by atoms with Crippen molar-refractivity contribution in [3.05, 3.63) is 87.0 Å². The third kappa shape index (κ3) is 4.05. The van der Waals surface area contributed by atoms with Crippen LogP contribution in [-0.2, 0) is 20.1 Å². The van der Waals surface area contributed by atoms with Gasteiger partial charge in [0.15, 0.2) is 0 Å². The summed E-state index contributed by atoms with van der Waals surface area (Å²) in [4.78, 5) is 33.4. The molecule has 1 aliphatic heterocycles. The summed E-state index contributed by atoms with van der Waals surface area (Å²) in [5.74, 6) is 0.677. The van der Waals surface area contributed by atoms with E-state index in [-0.39, 0.29) is 17.3 Å². The molecule has 4 heterocycles. The fourth-order valence-electron chi connectivity index (χ4n) is 4.80. The molecule has 0 radical (unpaired) electrons. The van der Waals surface area contributed by atoms with Crippen LogP contribution in [-0.4, -0.2) is 43.2 Å². The lowest BCUT2D eigenvalue weighted by atomic mass is 10.2. The van der Waals surface area contributed by atoms with Crippen LogP contribution in [0.5, 0.6) is 0 Å². The van der Waals surface area contributed by atoms with Crippen LogP contribution in [0.25, 0.3) is 10.9 Å². The molecule has 5 rings (SSSR count). The maximum Gasteiger partial charge on any atom is 0.331 e. The van der Waals surface area contributed by atoms with Crippen molar-refractivity contribution < 1.29 is 0 Å². The first-order valence-corrected chi connectivity index (χ1v) is 11.7. The molecule has 1 fully saturated rings. The number of aromatic nitrogens is 4. The van der Waals surface area contributed by atoms with E-state index in [4.69, 9.17) is 0 Å². The van der Waals surface area contributed by atoms with E-state index in [0.29, 0.717) is 29.8 Å². The van der Waals surface area contributed by atoms with Gasteiger partial charge in [-0.15, -0.1) is 0 Å². The number of rotatable bonds is 6. The molecule has 0 spiro atoms. The number of hydrogen-bond donors (Lipinski definition) is 1. The van der Waals surface area contributed by atoms with E-state index in [2.05, 4.69) is 22.2 Å². The van der Waals surface area contributed by atoms with Crippen LogP contribution in [0.2, 0.25) is 0 Å². The monoisotopic (exact) mass is 458 g/mol. The number of likely N-dealkylation sites (N-methyl/N-ethyl adjacent to an activating group) is 1. The molecule has 34 heavy (non-hydrogen) atoms. The number of nitrogens with one attached hydrogen (secondary N) is 1. The van der Waals surface area contributed by atoms with Crippen LogP contribution < -0.4 is 16.6 Å². The average molecular weight is 459 g/mol. The Hall–Kier alpha value is -3.65. The predicted molar refractivity (Wildman–Crippen MR) is 135 cm³/mol. The van der Waals surface area contributed by atoms with Crippen molar-refractivity contribution in [3.8, 4) is 0 Å². The van der Waals surface area contributed by atoms with Gasteiger partial charge >= 0.3 is 5.69 Å². The van der Waals surface area contributed by atoms with Gasteiger partial charge in [0.25, 0.3) is 5.56 Å². The predicted octanol–water partition coefficient (Wildman–Crippen LogP) is 3.09. The molecule has 1 N–H and O–H groups in total. The number of nitrogens with zero attached hydrogens (tertiary/aromatic N) is 5. The summed E-state index contributed by atoms with van der Waals surface area (Å²) in [6.45, 7) is 4.06. The van der Waals surface area contributed by atoms with Crippen LogP contribution >= 0.6 is 0 Å². The van der Waals surface area contributed by atoms with E-state index >= 15 is 0 Å². The zero-order valence-electron chi connectivity index (χ0n) is 19.9. The Labute approximate surface area is 198 Å². The van der Waals surface area contributed by atoms with E-state index in [0.717, 1.165) is 36.3 Å². The second-order valence-electron chi connectivity index (χ2n) is 9.20. The molecule has 0 amide bonds. The van der Waals surface area contributed by atoms with Crippen molar-refractivity contribution in [2.24, 2.45) is 7.05 Å². The number of benzene rings is 1. The zero-order valence-corrected chi connectivity index (χ0v) is 19.9. The molecule has 1 atom stereocenters. The van der Waals surface area contributed by atoms with Gasteiger partial charge in [0.05, 0.1) is 12.1 Å². The Morgan fingerprint density at radius 2 is 1.88 bits per heavy atom. The summed E-state index contributed by atoms with van der Waals surface area (Å²) in [7, 11) is 3.66. The quantitative estimate of drug-likeness (QED) is 0.481. The molecular weight excluding hydrogens is 428 g/mol. The summed E-state index contributed by atoms with van der Waals surface area (Å²) in [5, 5.41) is 3.97. The van der Waals surface area contributed by atoms with E-state index in [1.807, 2.05) is 66.3 Å². The molecule has 1 aliphatic rings. The number of anilines is 2. The van der Waals surface area contributed by atoms with Gasteiger partial charge in [-0.3, -0.25) is 18.9 Å². The molecule has 0 bridgehead atoms. The Morgan fingerprint density at radius 1 is 1.09 bits per heavy atom. The van der Waals surface area contributed by atoms with Gasteiger partial charge in [-0.1, -0.05) is 24.3 Å². The second-order valence-corrected chi connectivity index (χ2v) is 9.20. The lowest BCUT2D eigenvalue weighted by Crippen LogP contribution is -2.41. The molecule has 1 aromatic carbocycles. The minimum absolute atomic E-state index is 0.272. The number of hydrogen-bond acceptors (Lipinski definition) is 5. The Bertz CT molecular complexity index is 1430. The van der Waals surface area contributed by atoms with Gasteiger partial charge in [0.1, 0.15) is 11.2 Å². The molecule has 1 saturated heterocycles. The highest BCUT2D eigenvalue weighted by molar-refractivity contribution is 5.92. The molecular formula is C26H30N6O2. The number of para-hydroxylation sites is 1. The highest BCUT2D eigenvalue weighted by Crippen LogP contribution is 2.28. The van der Waals surface area contributed by atoms with Crippen molar-refractivity contribution in [2.75, 3.05) is 18.9 Å². The maximum absolute atomic E-state index is 13.4. The van der Waals surface area contributed by atoms with Gasteiger partial charge in [-0.2, -0.15) is 0 Å². The lowest BCUT2D eigenvalue weighted by molar-refractivity contribution is 0.280. The number of pyridine rings is 1. The first-order chi connectivity index (χ1) is 16.4. The standard InChI is InChI=1S/C26H30N6O2/c1-18-11-12-19(14-27-18)15-31-17-22-23(24(31)28-20-8-5-4-6-9-20)25(33)30(3)26(34)32(22)16-21-10-7-13-29(21)2/h4-6,8-9,11-12,14,17,21,28H,7,10,13,15-16H2,1-3H3. The highest BCUT2D eigenvalue weighted by atomic mass is 16.2. The zero-order chi connectivity index (χ0) is 23.8. The van der Waals surface area contributed by atoms with Crippen LogP contribution in [0.1, 0.15) is 24.1 Å². The van der Waals surface area contributed by atoms with Gasteiger partial charge in [-0.25, -0.2) is 4.79 Å². The molecule has 3 aromatic heterocycles. The van der Waals surface area contributed by atoms with E-state index in [1.54, 1.807) is 11.6 Å². The summed E-state index contributed by atoms with van der Waals surface area (Å²) in [6.07, 6.45) is 5.94. The topological polar surface area (TPSA) is 77.1 Å². The van der Waals surface area contributed by atoms with Crippen molar-refractivity contribution in [1.29, 1.82) is 0 Å². The fourth-order valence-corrected chi connectivity index (χ4v) is 4.80. The molecule has 1 unspecified atom stereocenters. The van der Waals surface area contributed by atoms with Crippen LogP contribution in [0.15, 0.2) is 64.4 Å². The Morgan fingerprint density at radius 3 is 2.56 bits per heavy atom. The Kier molecular flexibility index (Phi) is 5.83.